The number of urea groups is 1. The van der Waals surface area contributed by atoms with Gasteiger partial charge >= 0.3 is 6.03 Å². The minimum absolute atomic E-state index is 0.126. The smallest absolute Gasteiger partial charge is 0.319 e. The molecule has 1 aromatic heterocycles. The van der Waals surface area contributed by atoms with Gasteiger partial charge in [-0.05, 0) is 18.6 Å². The minimum Gasteiger partial charge on any atom is -0.497 e. The van der Waals surface area contributed by atoms with Gasteiger partial charge in [0.2, 0.25) is 0 Å². The van der Waals surface area contributed by atoms with E-state index in [1.165, 1.54) is 0 Å². The average molecular weight is 315 g/mol. The first kappa shape index (κ1) is 15.2. The van der Waals surface area contributed by atoms with Crippen molar-refractivity contribution in [2.45, 2.75) is 12.5 Å². The Morgan fingerprint density at radius 3 is 3.04 bits per heavy atom. The lowest BCUT2D eigenvalue weighted by molar-refractivity contribution is 0.249. The second kappa shape index (κ2) is 6.60. The number of aryl methyl sites for hydroxylation is 1. The van der Waals surface area contributed by atoms with Crippen molar-refractivity contribution in [1.29, 1.82) is 0 Å². The summed E-state index contributed by atoms with van der Waals surface area (Å²) in [5, 5.41) is 10.0. The lowest BCUT2D eigenvalue weighted by atomic mass is 10.2. The van der Waals surface area contributed by atoms with E-state index in [1.807, 2.05) is 37.6 Å². The molecule has 1 aromatic carbocycles. The highest BCUT2D eigenvalue weighted by molar-refractivity contribution is 5.89. The Hall–Kier alpha value is -2.70. The van der Waals surface area contributed by atoms with E-state index in [-0.39, 0.29) is 12.1 Å². The molecular weight excluding hydrogens is 294 g/mol. The van der Waals surface area contributed by atoms with Gasteiger partial charge < -0.3 is 20.3 Å². The van der Waals surface area contributed by atoms with Crippen molar-refractivity contribution in [1.82, 2.24) is 15.1 Å². The fourth-order valence-electron chi connectivity index (χ4n) is 2.74. The molecule has 2 heterocycles. The lowest BCUT2D eigenvalue weighted by Crippen LogP contribution is -2.39. The molecule has 3 rings (SSSR count). The predicted molar refractivity (Wildman–Crippen MR) is 89.0 cm³/mol. The van der Waals surface area contributed by atoms with E-state index in [2.05, 4.69) is 20.6 Å². The summed E-state index contributed by atoms with van der Waals surface area (Å²) < 4.78 is 6.93. The van der Waals surface area contributed by atoms with E-state index in [4.69, 9.17) is 4.74 Å². The summed E-state index contributed by atoms with van der Waals surface area (Å²) in [5.74, 6) is 0.714. The number of amides is 2. The number of methoxy groups -OCH3 is 1. The van der Waals surface area contributed by atoms with Crippen LogP contribution >= 0.6 is 0 Å². The van der Waals surface area contributed by atoms with Crippen LogP contribution in [0.2, 0.25) is 0 Å². The molecule has 122 valence electrons. The van der Waals surface area contributed by atoms with Gasteiger partial charge in [-0.15, -0.1) is 0 Å². The first-order valence-corrected chi connectivity index (χ1v) is 7.59. The summed E-state index contributed by atoms with van der Waals surface area (Å²) >= 11 is 0. The van der Waals surface area contributed by atoms with Crippen LogP contribution in [0.25, 0.3) is 0 Å². The highest BCUT2D eigenvalue weighted by Crippen LogP contribution is 2.20. The first-order chi connectivity index (χ1) is 11.1. The number of aromatic nitrogens is 2. The molecular formula is C16H21N5O2. The maximum Gasteiger partial charge on any atom is 0.319 e. The molecule has 0 saturated carbocycles. The number of rotatable bonds is 4. The second-order valence-electron chi connectivity index (χ2n) is 5.63. The minimum atomic E-state index is -0.198. The highest BCUT2D eigenvalue weighted by Gasteiger charge is 2.24. The zero-order valence-electron chi connectivity index (χ0n) is 13.3. The largest absolute Gasteiger partial charge is 0.497 e. The van der Waals surface area contributed by atoms with Crippen molar-refractivity contribution in [3.63, 3.8) is 0 Å². The molecule has 0 spiro atoms. The Kier molecular flexibility index (Phi) is 4.36. The molecule has 7 nitrogen and oxygen atoms in total. The van der Waals surface area contributed by atoms with Crippen molar-refractivity contribution in [3.8, 4) is 5.75 Å². The summed E-state index contributed by atoms with van der Waals surface area (Å²) in [6, 6.07) is 7.23. The standard InChI is InChI=1S/C16H21N5O2/c1-20-11-14(9-17-20)21-7-6-13(10-21)19-16(22)18-12-4-3-5-15(8-12)23-2/h3-5,8-9,11,13H,6-7,10H2,1-2H3,(H2,18,19,22)/t13-/m0/s1. The molecule has 7 heteroatoms. The molecule has 2 N–H and O–H groups in total. The van der Waals surface area contributed by atoms with Crippen LogP contribution < -0.4 is 20.3 Å². The number of nitrogens with zero attached hydrogens (tertiary/aromatic N) is 3. The Morgan fingerprint density at radius 2 is 2.30 bits per heavy atom. The summed E-state index contributed by atoms with van der Waals surface area (Å²) in [7, 11) is 3.50. The number of carbonyl (C=O) groups excluding carboxylic acids is 1. The van der Waals surface area contributed by atoms with Crippen LogP contribution in [-0.4, -0.2) is 42.1 Å². The molecule has 1 saturated heterocycles. The average Bonchev–Trinajstić information content (AvgIpc) is 3.16. The van der Waals surface area contributed by atoms with Crippen LogP contribution in [0, 0.1) is 0 Å². The van der Waals surface area contributed by atoms with E-state index >= 15 is 0 Å². The van der Waals surface area contributed by atoms with Gasteiger partial charge in [-0.3, -0.25) is 4.68 Å². The third-order valence-corrected chi connectivity index (χ3v) is 3.91. The number of anilines is 2. The SMILES string of the molecule is COc1cccc(NC(=O)N[C@H]2CCN(c3cnn(C)c3)C2)c1. The van der Waals surface area contributed by atoms with Gasteiger partial charge in [0.1, 0.15) is 5.75 Å². The van der Waals surface area contributed by atoms with Gasteiger partial charge in [0.05, 0.1) is 19.0 Å². The normalized spacial score (nSPS) is 17.1. The highest BCUT2D eigenvalue weighted by atomic mass is 16.5. The van der Waals surface area contributed by atoms with Gasteiger partial charge in [-0.1, -0.05) is 6.07 Å². The van der Waals surface area contributed by atoms with E-state index in [0.717, 1.165) is 25.2 Å². The topological polar surface area (TPSA) is 71.4 Å². The molecule has 0 bridgehead atoms. The van der Waals surface area contributed by atoms with Crippen molar-refractivity contribution in [2.75, 3.05) is 30.4 Å². The molecule has 0 radical (unpaired) electrons. The van der Waals surface area contributed by atoms with Crippen molar-refractivity contribution >= 4 is 17.4 Å². The summed E-state index contributed by atoms with van der Waals surface area (Å²) in [6.07, 6.45) is 4.75. The fourth-order valence-corrected chi connectivity index (χ4v) is 2.74. The van der Waals surface area contributed by atoms with Gasteiger partial charge in [0, 0.05) is 44.1 Å². The molecule has 2 amide bonds. The van der Waals surface area contributed by atoms with Gasteiger partial charge in [0.15, 0.2) is 0 Å². The summed E-state index contributed by atoms with van der Waals surface area (Å²) in [5.41, 5.74) is 1.80. The Morgan fingerprint density at radius 1 is 1.43 bits per heavy atom. The van der Waals surface area contributed by atoms with Crippen LogP contribution in [0.5, 0.6) is 5.75 Å². The maximum atomic E-state index is 12.1. The molecule has 1 atom stereocenters. The maximum absolute atomic E-state index is 12.1. The van der Waals surface area contributed by atoms with Crippen LogP contribution in [0.1, 0.15) is 6.42 Å². The molecule has 0 unspecified atom stereocenters. The number of ether oxygens (including phenoxy) is 1. The number of hydrogen-bond donors (Lipinski definition) is 2. The Labute approximate surface area is 135 Å². The molecule has 23 heavy (non-hydrogen) atoms. The van der Waals surface area contributed by atoms with E-state index in [1.54, 1.807) is 17.9 Å². The predicted octanol–water partition coefficient (Wildman–Crippen LogP) is 1.83. The number of benzene rings is 1. The summed E-state index contributed by atoms with van der Waals surface area (Å²) in [6.45, 7) is 1.70. The van der Waals surface area contributed by atoms with E-state index < -0.39 is 0 Å². The van der Waals surface area contributed by atoms with Crippen molar-refractivity contribution in [2.24, 2.45) is 7.05 Å². The van der Waals surface area contributed by atoms with E-state index in [9.17, 15) is 4.79 Å². The third-order valence-electron chi connectivity index (χ3n) is 3.91. The molecule has 1 fully saturated rings. The second-order valence-corrected chi connectivity index (χ2v) is 5.63. The third kappa shape index (κ3) is 3.74. The Bertz CT molecular complexity index is 685. The monoisotopic (exact) mass is 315 g/mol. The molecule has 0 aliphatic carbocycles. The van der Waals surface area contributed by atoms with Gasteiger partial charge in [-0.25, -0.2) is 4.79 Å². The zero-order valence-corrected chi connectivity index (χ0v) is 13.3. The van der Waals surface area contributed by atoms with Crippen LogP contribution in [0.15, 0.2) is 36.7 Å². The van der Waals surface area contributed by atoms with Crippen LogP contribution in [0.3, 0.4) is 0 Å². The molecule has 1 aliphatic rings. The number of hydrogen-bond acceptors (Lipinski definition) is 4. The van der Waals surface area contributed by atoms with Crippen molar-refractivity contribution < 1.29 is 9.53 Å². The molecule has 2 aromatic rings. The Balaban J connectivity index is 1.52. The van der Waals surface area contributed by atoms with Crippen molar-refractivity contribution in [3.05, 3.63) is 36.7 Å². The quantitative estimate of drug-likeness (QED) is 0.903. The molecule has 1 aliphatic heterocycles. The zero-order chi connectivity index (χ0) is 16.2. The van der Waals surface area contributed by atoms with Crippen LogP contribution in [-0.2, 0) is 7.05 Å². The number of nitrogens with one attached hydrogen (secondary N) is 2. The van der Waals surface area contributed by atoms with Crippen LogP contribution in [0.4, 0.5) is 16.2 Å². The first-order valence-electron chi connectivity index (χ1n) is 7.59. The van der Waals surface area contributed by atoms with E-state index in [0.29, 0.717) is 11.4 Å². The number of carbonyl (C=O) groups is 1. The lowest BCUT2D eigenvalue weighted by Gasteiger charge is -2.17. The summed E-state index contributed by atoms with van der Waals surface area (Å²) in [4.78, 5) is 14.3. The fraction of sp³-hybridized carbons (Fsp3) is 0.375. The van der Waals surface area contributed by atoms with Gasteiger partial charge in [-0.2, -0.15) is 5.10 Å². The van der Waals surface area contributed by atoms with Gasteiger partial charge in [0.25, 0.3) is 0 Å².